The number of fused-ring (bicyclic) bond motifs is 1. The van der Waals surface area contributed by atoms with Crippen LogP contribution in [0.1, 0.15) is 44.4 Å². The van der Waals surface area contributed by atoms with Crippen molar-refractivity contribution in [1.29, 1.82) is 0 Å². The van der Waals surface area contributed by atoms with Crippen LogP contribution in [0, 0.1) is 11.8 Å². The third kappa shape index (κ3) is 5.07. The highest BCUT2D eigenvalue weighted by Gasteiger charge is 2.31. The van der Waals surface area contributed by atoms with E-state index in [9.17, 15) is 4.79 Å². The van der Waals surface area contributed by atoms with Crippen molar-refractivity contribution in [2.75, 3.05) is 27.3 Å². The number of likely N-dealkylation sites (tertiary alicyclic amines) is 1. The summed E-state index contributed by atoms with van der Waals surface area (Å²) in [6.45, 7) is 6.79. The number of halogens is 1. The van der Waals surface area contributed by atoms with Crippen LogP contribution in [0.5, 0.6) is 11.5 Å². The first-order chi connectivity index (χ1) is 16.2. The molecule has 178 valence electrons. The van der Waals surface area contributed by atoms with Crippen molar-refractivity contribution in [2.45, 2.75) is 38.8 Å². The molecule has 7 nitrogen and oxygen atoms in total. The molecule has 2 aromatic heterocycles. The summed E-state index contributed by atoms with van der Waals surface area (Å²) in [4.78, 5) is 18.6. The zero-order chi connectivity index (χ0) is 24.5. The standard InChI is InChI=1S/C26H28ClN3O4/c1-26(2,3)34-25(31)29-11-9-19(16-29)30-15-18(23-22(30)8-10-28-24(23)27)7-6-17-12-20(32-4)14-21(13-17)33-5/h8,10,12-15,19H,9,11,16H2,1-5H3/t19-/m0/s1. The number of carbonyl (C=O) groups is 1. The molecule has 0 radical (unpaired) electrons. The lowest BCUT2D eigenvalue weighted by Crippen LogP contribution is -2.35. The van der Waals surface area contributed by atoms with Crippen LogP contribution in [0.3, 0.4) is 0 Å². The summed E-state index contributed by atoms with van der Waals surface area (Å²) in [6, 6.07) is 7.51. The van der Waals surface area contributed by atoms with Crippen molar-refractivity contribution in [2.24, 2.45) is 0 Å². The molecule has 1 atom stereocenters. The number of hydrogen-bond acceptors (Lipinski definition) is 5. The highest BCUT2D eigenvalue weighted by Crippen LogP contribution is 2.33. The zero-order valence-corrected chi connectivity index (χ0v) is 20.8. The molecule has 4 rings (SSSR count). The van der Waals surface area contributed by atoms with Gasteiger partial charge in [-0.15, -0.1) is 0 Å². The predicted molar refractivity (Wildman–Crippen MR) is 132 cm³/mol. The van der Waals surface area contributed by atoms with Crippen LogP contribution in [0.15, 0.2) is 36.7 Å². The van der Waals surface area contributed by atoms with E-state index >= 15 is 0 Å². The van der Waals surface area contributed by atoms with Gasteiger partial charge in [-0.1, -0.05) is 23.4 Å². The Kier molecular flexibility index (Phi) is 6.63. The first kappa shape index (κ1) is 23.8. The Morgan fingerprint density at radius 1 is 1.15 bits per heavy atom. The Labute approximate surface area is 204 Å². The van der Waals surface area contributed by atoms with Crippen LogP contribution in [-0.2, 0) is 4.74 Å². The van der Waals surface area contributed by atoms with Crippen molar-refractivity contribution < 1.29 is 19.0 Å². The molecular weight excluding hydrogens is 454 g/mol. The Balaban J connectivity index is 1.67. The highest BCUT2D eigenvalue weighted by atomic mass is 35.5. The fraction of sp³-hybridized carbons (Fsp3) is 0.385. The highest BCUT2D eigenvalue weighted by molar-refractivity contribution is 6.34. The molecular formula is C26H28ClN3O4. The van der Waals surface area contributed by atoms with E-state index in [0.29, 0.717) is 29.7 Å². The molecule has 1 aliphatic heterocycles. The van der Waals surface area contributed by atoms with Crippen LogP contribution in [0.25, 0.3) is 10.9 Å². The van der Waals surface area contributed by atoms with Crippen LogP contribution in [0.2, 0.25) is 5.15 Å². The molecule has 1 saturated heterocycles. The van der Waals surface area contributed by atoms with Gasteiger partial charge in [0.05, 0.1) is 36.7 Å². The van der Waals surface area contributed by atoms with Crippen LogP contribution in [0.4, 0.5) is 4.79 Å². The monoisotopic (exact) mass is 481 g/mol. The number of methoxy groups -OCH3 is 2. The average molecular weight is 482 g/mol. The van der Waals surface area contributed by atoms with E-state index in [-0.39, 0.29) is 12.1 Å². The normalized spacial score (nSPS) is 15.7. The molecule has 1 aromatic carbocycles. The van der Waals surface area contributed by atoms with Crippen molar-refractivity contribution in [3.8, 4) is 23.3 Å². The van der Waals surface area contributed by atoms with Gasteiger partial charge in [-0.05, 0) is 45.4 Å². The zero-order valence-electron chi connectivity index (χ0n) is 20.0. The maximum absolute atomic E-state index is 12.5. The number of carbonyl (C=O) groups excluding carboxylic acids is 1. The topological polar surface area (TPSA) is 65.8 Å². The molecule has 0 saturated carbocycles. The predicted octanol–water partition coefficient (Wildman–Crippen LogP) is 5.29. The number of aromatic nitrogens is 2. The second-order valence-corrected chi connectivity index (χ2v) is 9.52. The Morgan fingerprint density at radius 2 is 1.85 bits per heavy atom. The lowest BCUT2D eigenvalue weighted by Gasteiger charge is -2.24. The van der Waals surface area contributed by atoms with Gasteiger partial charge in [0.25, 0.3) is 0 Å². The van der Waals surface area contributed by atoms with E-state index in [4.69, 9.17) is 25.8 Å². The molecule has 1 fully saturated rings. The molecule has 3 heterocycles. The molecule has 1 amide bonds. The van der Waals surface area contributed by atoms with Gasteiger partial charge in [-0.3, -0.25) is 0 Å². The molecule has 1 aliphatic rings. The van der Waals surface area contributed by atoms with Crippen LogP contribution >= 0.6 is 11.6 Å². The lowest BCUT2D eigenvalue weighted by atomic mass is 10.1. The summed E-state index contributed by atoms with van der Waals surface area (Å²) in [5.74, 6) is 7.77. The minimum Gasteiger partial charge on any atom is -0.497 e. The Hall–Kier alpha value is -3.37. The summed E-state index contributed by atoms with van der Waals surface area (Å²) in [7, 11) is 3.21. The second kappa shape index (κ2) is 9.47. The molecule has 0 bridgehead atoms. The number of hydrogen-bond donors (Lipinski definition) is 0. The smallest absolute Gasteiger partial charge is 0.410 e. The van der Waals surface area contributed by atoms with Crippen molar-refractivity contribution in [3.05, 3.63) is 52.9 Å². The fourth-order valence-electron chi connectivity index (χ4n) is 4.04. The molecule has 0 unspecified atom stereocenters. The number of pyridine rings is 1. The first-order valence-corrected chi connectivity index (χ1v) is 11.4. The third-order valence-electron chi connectivity index (χ3n) is 5.60. The summed E-state index contributed by atoms with van der Waals surface area (Å²) in [5, 5.41) is 1.19. The van der Waals surface area contributed by atoms with Gasteiger partial charge >= 0.3 is 6.09 Å². The van der Waals surface area contributed by atoms with Gasteiger partial charge in [0.2, 0.25) is 0 Å². The van der Waals surface area contributed by atoms with Crippen LogP contribution < -0.4 is 9.47 Å². The second-order valence-electron chi connectivity index (χ2n) is 9.17. The van der Waals surface area contributed by atoms with Gasteiger partial charge in [0.15, 0.2) is 0 Å². The molecule has 0 N–H and O–H groups in total. The fourth-order valence-corrected chi connectivity index (χ4v) is 4.30. The van der Waals surface area contributed by atoms with E-state index in [0.717, 1.165) is 28.5 Å². The van der Waals surface area contributed by atoms with E-state index in [2.05, 4.69) is 21.4 Å². The average Bonchev–Trinajstić information content (AvgIpc) is 3.42. The third-order valence-corrected chi connectivity index (χ3v) is 5.89. The molecule has 34 heavy (non-hydrogen) atoms. The van der Waals surface area contributed by atoms with Crippen LogP contribution in [-0.4, -0.2) is 53.5 Å². The van der Waals surface area contributed by atoms with E-state index in [1.807, 2.05) is 45.2 Å². The number of benzene rings is 1. The number of rotatable bonds is 3. The number of amides is 1. The largest absolute Gasteiger partial charge is 0.497 e. The Morgan fingerprint density at radius 3 is 2.50 bits per heavy atom. The van der Waals surface area contributed by atoms with E-state index < -0.39 is 5.60 Å². The number of nitrogens with zero attached hydrogens (tertiary/aromatic N) is 3. The molecule has 0 spiro atoms. The summed E-state index contributed by atoms with van der Waals surface area (Å²) < 4.78 is 18.4. The van der Waals surface area contributed by atoms with Gasteiger partial charge in [0.1, 0.15) is 22.3 Å². The maximum atomic E-state index is 12.5. The summed E-state index contributed by atoms with van der Waals surface area (Å²) in [5.41, 5.74) is 1.93. The van der Waals surface area contributed by atoms with E-state index in [1.165, 1.54) is 0 Å². The minimum atomic E-state index is -0.528. The SMILES string of the molecule is COc1cc(C#Cc2cn([C@H]3CCN(C(=O)OC(C)(C)C)C3)c3ccnc(Cl)c23)cc(OC)c1. The van der Waals surface area contributed by atoms with Crippen molar-refractivity contribution in [3.63, 3.8) is 0 Å². The Bertz CT molecular complexity index is 1260. The van der Waals surface area contributed by atoms with Crippen molar-refractivity contribution >= 4 is 28.6 Å². The molecule has 0 aliphatic carbocycles. The quantitative estimate of drug-likeness (QED) is 0.375. The summed E-state index contributed by atoms with van der Waals surface area (Å²) >= 11 is 6.49. The van der Waals surface area contributed by atoms with Gasteiger partial charge in [-0.25, -0.2) is 9.78 Å². The summed E-state index contributed by atoms with van der Waals surface area (Å²) in [6.07, 6.45) is 4.19. The molecule has 3 aromatic rings. The van der Waals surface area contributed by atoms with Gasteiger partial charge in [-0.2, -0.15) is 0 Å². The minimum absolute atomic E-state index is 0.0842. The number of ether oxygens (including phenoxy) is 3. The maximum Gasteiger partial charge on any atom is 0.410 e. The van der Waals surface area contributed by atoms with Gasteiger partial charge < -0.3 is 23.7 Å². The van der Waals surface area contributed by atoms with Gasteiger partial charge in [0, 0.05) is 37.1 Å². The molecule has 8 heteroatoms. The van der Waals surface area contributed by atoms with E-state index in [1.54, 1.807) is 31.4 Å². The first-order valence-electron chi connectivity index (χ1n) is 11.1. The van der Waals surface area contributed by atoms with Crippen molar-refractivity contribution in [1.82, 2.24) is 14.5 Å². The lowest BCUT2D eigenvalue weighted by molar-refractivity contribution is 0.0289.